The van der Waals surface area contributed by atoms with E-state index in [9.17, 15) is 4.79 Å². The number of halogens is 1. The van der Waals surface area contributed by atoms with E-state index < -0.39 is 0 Å². The highest BCUT2D eigenvalue weighted by atomic mass is 35.5. The summed E-state index contributed by atoms with van der Waals surface area (Å²) in [7, 11) is 0. The third kappa shape index (κ3) is 1.77. The Hall–Kier alpha value is -1.26. The lowest BCUT2D eigenvalue weighted by atomic mass is 10.00. The van der Waals surface area contributed by atoms with Crippen LogP contribution in [-0.4, -0.2) is 32.2 Å². The number of fused-ring (bicyclic) bond motifs is 3. The third-order valence-electron chi connectivity index (χ3n) is 2.89. The number of carbonyl (C=O) groups is 1. The second-order valence-corrected chi connectivity index (χ2v) is 4.37. The van der Waals surface area contributed by atoms with Gasteiger partial charge in [0.2, 0.25) is 0 Å². The van der Waals surface area contributed by atoms with Crippen LogP contribution >= 0.6 is 11.6 Å². The molecule has 0 bridgehead atoms. The summed E-state index contributed by atoms with van der Waals surface area (Å²) in [6.45, 7) is 1.50. The van der Waals surface area contributed by atoms with Crippen molar-refractivity contribution in [2.45, 2.75) is 6.42 Å². The normalized spacial score (nSPS) is 18.5. The van der Waals surface area contributed by atoms with Crippen LogP contribution in [0.3, 0.4) is 0 Å². The first-order valence-electron chi connectivity index (χ1n) is 5.49. The standard InChI is InChI=1S/C12H11ClO4/c13-8-5-10-12(17-4-3-16-10)11-7(8)1-2-15-6-9(11)14/h5H,1-4,6H2. The summed E-state index contributed by atoms with van der Waals surface area (Å²) in [6.07, 6.45) is 0.622. The molecule has 0 saturated carbocycles. The molecule has 1 aromatic carbocycles. The smallest absolute Gasteiger partial charge is 0.192 e. The Morgan fingerprint density at radius 1 is 1.18 bits per heavy atom. The second-order valence-electron chi connectivity index (χ2n) is 3.96. The van der Waals surface area contributed by atoms with Crippen molar-refractivity contribution < 1.29 is 19.0 Å². The molecule has 0 aromatic heterocycles. The van der Waals surface area contributed by atoms with E-state index >= 15 is 0 Å². The van der Waals surface area contributed by atoms with Crippen LogP contribution in [0.4, 0.5) is 0 Å². The highest BCUT2D eigenvalue weighted by Crippen LogP contribution is 2.41. The van der Waals surface area contributed by atoms with Crippen LogP contribution in [-0.2, 0) is 11.2 Å². The van der Waals surface area contributed by atoms with E-state index in [0.29, 0.717) is 48.3 Å². The van der Waals surface area contributed by atoms with Crippen molar-refractivity contribution >= 4 is 17.4 Å². The van der Waals surface area contributed by atoms with Crippen LogP contribution in [0.5, 0.6) is 11.5 Å². The van der Waals surface area contributed by atoms with Gasteiger partial charge in [0.1, 0.15) is 19.8 Å². The Bertz CT molecular complexity index is 484. The van der Waals surface area contributed by atoms with Crippen LogP contribution in [0.15, 0.2) is 6.07 Å². The minimum Gasteiger partial charge on any atom is -0.486 e. The highest BCUT2D eigenvalue weighted by molar-refractivity contribution is 6.32. The topological polar surface area (TPSA) is 44.8 Å². The van der Waals surface area contributed by atoms with Crippen molar-refractivity contribution in [3.05, 3.63) is 22.2 Å². The molecule has 0 amide bonds. The van der Waals surface area contributed by atoms with Gasteiger partial charge < -0.3 is 14.2 Å². The van der Waals surface area contributed by atoms with E-state index in [-0.39, 0.29) is 12.4 Å². The van der Waals surface area contributed by atoms with E-state index in [4.69, 9.17) is 25.8 Å². The Kier molecular flexibility index (Phi) is 2.68. The van der Waals surface area contributed by atoms with Gasteiger partial charge in [-0.15, -0.1) is 0 Å². The number of carbonyl (C=O) groups excluding carboxylic acids is 1. The molecule has 90 valence electrons. The summed E-state index contributed by atoms with van der Waals surface area (Å²) < 4.78 is 16.2. The van der Waals surface area contributed by atoms with Crippen molar-refractivity contribution in [1.82, 2.24) is 0 Å². The van der Waals surface area contributed by atoms with Gasteiger partial charge in [-0.3, -0.25) is 4.79 Å². The first-order valence-corrected chi connectivity index (χ1v) is 5.87. The lowest BCUT2D eigenvalue weighted by molar-refractivity contribution is 0.0781. The number of rotatable bonds is 0. The summed E-state index contributed by atoms with van der Waals surface area (Å²) in [6, 6.07) is 1.72. The molecule has 0 saturated heterocycles. The van der Waals surface area contributed by atoms with Gasteiger partial charge in [0.25, 0.3) is 0 Å². The molecular formula is C12H11ClO4. The zero-order valence-corrected chi connectivity index (χ0v) is 9.88. The molecule has 2 aliphatic heterocycles. The molecule has 4 nitrogen and oxygen atoms in total. The van der Waals surface area contributed by atoms with E-state index in [2.05, 4.69) is 0 Å². The summed E-state index contributed by atoms with van der Waals surface area (Å²) in [5.41, 5.74) is 1.34. The maximum atomic E-state index is 12.0. The molecule has 5 heteroatoms. The summed E-state index contributed by atoms with van der Waals surface area (Å²) in [5.74, 6) is 0.975. The molecule has 0 spiro atoms. The molecule has 2 heterocycles. The molecule has 3 rings (SSSR count). The van der Waals surface area contributed by atoms with E-state index in [1.807, 2.05) is 0 Å². The maximum absolute atomic E-state index is 12.0. The maximum Gasteiger partial charge on any atom is 0.192 e. The Balaban J connectivity index is 2.23. The van der Waals surface area contributed by atoms with Crippen molar-refractivity contribution in [3.63, 3.8) is 0 Å². The Labute approximate surface area is 103 Å². The summed E-state index contributed by atoms with van der Waals surface area (Å²) >= 11 is 6.17. The van der Waals surface area contributed by atoms with Crippen LogP contribution in [0.1, 0.15) is 15.9 Å². The second kappa shape index (κ2) is 4.20. The molecule has 0 radical (unpaired) electrons. The van der Waals surface area contributed by atoms with Gasteiger partial charge in [0.15, 0.2) is 17.3 Å². The van der Waals surface area contributed by atoms with Gasteiger partial charge in [0.05, 0.1) is 12.2 Å². The fourth-order valence-corrected chi connectivity index (χ4v) is 2.43. The summed E-state index contributed by atoms with van der Waals surface area (Å²) in [4.78, 5) is 12.0. The average molecular weight is 255 g/mol. The highest BCUT2D eigenvalue weighted by Gasteiger charge is 2.28. The first-order chi connectivity index (χ1) is 8.27. The molecule has 2 aliphatic rings. The van der Waals surface area contributed by atoms with Gasteiger partial charge in [0, 0.05) is 11.1 Å². The minimum absolute atomic E-state index is 0.0726. The molecule has 1 aromatic rings. The van der Waals surface area contributed by atoms with Crippen molar-refractivity contribution in [3.8, 4) is 11.5 Å². The van der Waals surface area contributed by atoms with Crippen LogP contribution < -0.4 is 9.47 Å². The van der Waals surface area contributed by atoms with Gasteiger partial charge in [-0.2, -0.15) is 0 Å². The average Bonchev–Trinajstić information content (AvgIpc) is 2.52. The van der Waals surface area contributed by atoms with Crippen molar-refractivity contribution in [1.29, 1.82) is 0 Å². The molecule has 0 atom stereocenters. The Morgan fingerprint density at radius 3 is 2.88 bits per heavy atom. The number of hydrogen-bond acceptors (Lipinski definition) is 4. The number of benzene rings is 1. The van der Waals surface area contributed by atoms with E-state index in [1.54, 1.807) is 6.07 Å². The Morgan fingerprint density at radius 2 is 2.00 bits per heavy atom. The predicted octanol–water partition coefficient (Wildman–Crippen LogP) is 1.87. The number of ether oxygens (including phenoxy) is 3. The minimum atomic E-state index is -0.0956. The number of hydrogen-bond donors (Lipinski definition) is 0. The zero-order valence-electron chi connectivity index (χ0n) is 9.12. The van der Waals surface area contributed by atoms with Gasteiger partial charge in [-0.05, 0) is 12.0 Å². The van der Waals surface area contributed by atoms with Crippen LogP contribution in [0.2, 0.25) is 5.02 Å². The zero-order chi connectivity index (χ0) is 11.8. The SMILES string of the molecule is O=C1COCCc2c(Cl)cc3c(c21)OCCO3. The van der Waals surface area contributed by atoms with Gasteiger partial charge in [-0.1, -0.05) is 11.6 Å². The fourth-order valence-electron chi connectivity index (χ4n) is 2.14. The fraction of sp³-hybridized carbons (Fsp3) is 0.417. The van der Waals surface area contributed by atoms with E-state index in [0.717, 1.165) is 5.56 Å². The van der Waals surface area contributed by atoms with Gasteiger partial charge in [-0.25, -0.2) is 0 Å². The van der Waals surface area contributed by atoms with Crippen molar-refractivity contribution in [2.75, 3.05) is 26.4 Å². The quantitative estimate of drug-likeness (QED) is 0.709. The monoisotopic (exact) mass is 254 g/mol. The molecule has 0 N–H and O–H groups in total. The predicted molar refractivity (Wildman–Crippen MR) is 61.3 cm³/mol. The molecular weight excluding hydrogens is 244 g/mol. The van der Waals surface area contributed by atoms with Crippen molar-refractivity contribution in [2.24, 2.45) is 0 Å². The lowest BCUT2D eigenvalue weighted by Gasteiger charge is -2.22. The van der Waals surface area contributed by atoms with Gasteiger partial charge >= 0.3 is 0 Å². The molecule has 0 unspecified atom stereocenters. The largest absolute Gasteiger partial charge is 0.486 e. The lowest BCUT2D eigenvalue weighted by Crippen LogP contribution is -2.19. The van der Waals surface area contributed by atoms with Crippen LogP contribution in [0.25, 0.3) is 0 Å². The molecule has 0 aliphatic carbocycles. The van der Waals surface area contributed by atoms with E-state index in [1.165, 1.54) is 0 Å². The van der Waals surface area contributed by atoms with Crippen LogP contribution in [0, 0.1) is 0 Å². The third-order valence-corrected chi connectivity index (χ3v) is 3.23. The number of Topliss-reactive ketones (excluding diaryl/α,β-unsaturated/α-hetero) is 1. The molecule has 0 fully saturated rings. The first kappa shape index (κ1) is 10.9. The molecule has 17 heavy (non-hydrogen) atoms. The number of ketones is 1. The summed E-state index contributed by atoms with van der Waals surface area (Å²) in [5, 5.41) is 0.545.